The van der Waals surface area contributed by atoms with Crippen LogP contribution in [0.5, 0.6) is 0 Å². The molecule has 4 heteroatoms. The number of amides is 1. The molecule has 2 N–H and O–H groups in total. The Morgan fingerprint density at radius 3 is 2.94 bits per heavy atom. The Kier molecular flexibility index (Phi) is 3.57. The molecule has 2 unspecified atom stereocenters. The molecule has 1 amide bonds. The van der Waals surface area contributed by atoms with Crippen molar-refractivity contribution in [2.75, 3.05) is 11.6 Å². The molecule has 0 aromatic heterocycles. The predicted molar refractivity (Wildman–Crippen MR) is 74.6 cm³/mol. The molecule has 0 radical (unpaired) electrons. The van der Waals surface area contributed by atoms with Crippen molar-refractivity contribution in [1.29, 1.82) is 0 Å². The van der Waals surface area contributed by atoms with Gasteiger partial charge in [-0.05, 0) is 30.4 Å². The minimum Gasteiger partial charge on any atom is -0.352 e. The Labute approximate surface area is 112 Å². The van der Waals surface area contributed by atoms with Gasteiger partial charge in [-0.2, -0.15) is 0 Å². The van der Waals surface area contributed by atoms with Crippen molar-refractivity contribution in [3.63, 3.8) is 0 Å². The fourth-order valence-electron chi connectivity index (χ4n) is 2.69. The van der Waals surface area contributed by atoms with E-state index in [2.05, 4.69) is 34.9 Å². The summed E-state index contributed by atoms with van der Waals surface area (Å²) < 4.78 is 0. The standard InChI is InChI=1S/C14H18N2OS/c17-14(13-8-18-9-15-13)16-12-6-5-10-3-1-2-4-11(10)7-12/h1-4,12-13,15H,5-9H2,(H,16,17). The molecule has 1 heterocycles. The Hall–Kier alpha value is -1.00. The summed E-state index contributed by atoms with van der Waals surface area (Å²) in [5.74, 6) is 1.96. The quantitative estimate of drug-likeness (QED) is 0.844. The lowest BCUT2D eigenvalue weighted by molar-refractivity contribution is -0.123. The summed E-state index contributed by atoms with van der Waals surface area (Å²) in [4.78, 5) is 12.0. The molecular formula is C14H18N2OS. The maximum atomic E-state index is 12.0. The highest BCUT2D eigenvalue weighted by Crippen LogP contribution is 2.21. The van der Waals surface area contributed by atoms with E-state index in [1.54, 1.807) is 11.8 Å². The molecule has 0 bridgehead atoms. The summed E-state index contributed by atoms with van der Waals surface area (Å²) in [5.41, 5.74) is 2.83. The number of hydrogen-bond donors (Lipinski definition) is 2. The smallest absolute Gasteiger partial charge is 0.238 e. The molecule has 2 aliphatic rings. The number of fused-ring (bicyclic) bond motifs is 1. The molecule has 2 atom stereocenters. The third-order valence-electron chi connectivity index (χ3n) is 3.73. The van der Waals surface area contributed by atoms with Gasteiger partial charge >= 0.3 is 0 Å². The zero-order valence-corrected chi connectivity index (χ0v) is 11.1. The minimum atomic E-state index is 0.00664. The van der Waals surface area contributed by atoms with Gasteiger partial charge in [0.1, 0.15) is 0 Å². The summed E-state index contributed by atoms with van der Waals surface area (Å²) in [6, 6.07) is 8.86. The third kappa shape index (κ3) is 2.54. The monoisotopic (exact) mass is 262 g/mol. The maximum Gasteiger partial charge on any atom is 0.238 e. The lowest BCUT2D eigenvalue weighted by Gasteiger charge is -2.26. The van der Waals surface area contributed by atoms with Gasteiger partial charge < -0.3 is 5.32 Å². The Bertz CT molecular complexity index is 443. The van der Waals surface area contributed by atoms with Crippen molar-refractivity contribution >= 4 is 17.7 Å². The fourth-order valence-corrected chi connectivity index (χ4v) is 3.63. The van der Waals surface area contributed by atoms with Gasteiger partial charge in [0.15, 0.2) is 0 Å². The van der Waals surface area contributed by atoms with Crippen LogP contribution in [0, 0.1) is 0 Å². The molecule has 1 aromatic carbocycles. The van der Waals surface area contributed by atoms with Crippen LogP contribution >= 0.6 is 11.8 Å². The van der Waals surface area contributed by atoms with Crippen LogP contribution in [0.25, 0.3) is 0 Å². The Balaban J connectivity index is 1.60. The van der Waals surface area contributed by atoms with E-state index in [4.69, 9.17) is 0 Å². The van der Waals surface area contributed by atoms with E-state index < -0.39 is 0 Å². The van der Waals surface area contributed by atoms with Gasteiger partial charge in [-0.3, -0.25) is 10.1 Å². The highest BCUT2D eigenvalue weighted by Gasteiger charge is 2.26. The number of hydrogen-bond acceptors (Lipinski definition) is 3. The molecule has 0 spiro atoms. The van der Waals surface area contributed by atoms with E-state index >= 15 is 0 Å². The topological polar surface area (TPSA) is 41.1 Å². The van der Waals surface area contributed by atoms with Crippen LogP contribution in [-0.4, -0.2) is 29.6 Å². The van der Waals surface area contributed by atoms with Crippen LogP contribution in [0.2, 0.25) is 0 Å². The van der Waals surface area contributed by atoms with Gasteiger partial charge in [0.05, 0.1) is 6.04 Å². The first kappa shape index (κ1) is 12.1. The van der Waals surface area contributed by atoms with Gasteiger partial charge in [0, 0.05) is 17.7 Å². The van der Waals surface area contributed by atoms with Gasteiger partial charge in [-0.1, -0.05) is 24.3 Å². The molecule has 1 aliphatic carbocycles. The van der Waals surface area contributed by atoms with Gasteiger partial charge in [-0.15, -0.1) is 11.8 Å². The van der Waals surface area contributed by atoms with Crippen LogP contribution in [0.15, 0.2) is 24.3 Å². The van der Waals surface area contributed by atoms with E-state index in [1.165, 1.54) is 11.1 Å². The highest BCUT2D eigenvalue weighted by atomic mass is 32.2. The molecule has 0 saturated carbocycles. The van der Waals surface area contributed by atoms with E-state index in [0.717, 1.165) is 30.9 Å². The van der Waals surface area contributed by atoms with Crippen molar-refractivity contribution in [3.05, 3.63) is 35.4 Å². The lowest BCUT2D eigenvalue weighted by atomic mass is 9.88. The van der Waals surface area contributed by atoms with Gasteiger partial charge in [-0.25, -0.2) is 0 Å². The number of nitrogens with one attached hydrogen (secondary N) is 2. The molecule has 1 saturated heterocycles. The molecule has 18 heavy (non-hydrogen) atoms. The first-order valence-corrected chi connectivity index (χ1v) is 7.66. The second kappa shape index (κ2) is 5.33. The van der Waals surface area contributed by atoms with Crippen molar-refractivity contribution < 1.29 is 4.79 Å². The first-order chi connectivity index (χ1) is 8.83. The number of carbonyl (C=O) groups excluding carboxylic acids is 1. The largest absolute Gasteiger partial charge is 0.352 e. The number of carbonyl (C=O) groups is 1. The predicted octanol–water partition coefficient (Wildman–Crippen LogP) is 1.32. The van der Waals surface area contributed by atoms with E-state index in [1.807, 2.05) is 0 Å². The van der Waals surface area contributed by atoms with E-state index in [9.17, 15) is 4.79 Å². The zero-order chi connectivity index (χ0) is 12.4. The second-order valence-electron chi connectivity index (χ2n) is 4.99. The molecule has 96 valence electrons. The number of benzene rings is 1. The van der Waals surface area contributed by atoms with Crippen LogP contribution in [0.4, 0.5) is 0 Å². The lowest BCUT2D eigenvalue weighted by Crippen LogP contribution is -2.48. The Morgan fingerprint density at radius 2 is 2.17 bits per heavy atom. The van der Waals surface area contributed by atoms with Crippen molar-refractivity contribution in [2.24, 2.45) is 0 Å². The van der Waals surface area contributed by atoms with Gasteiger partial charge in [0.2, 0.25) is 5.91 Å². The van der Waals surface area contributed by atoms with Crippen LogP contribution < -0.4 is 10.6 Å². The molecule has 3 rings (SSSR count). The summed E-state index contributed by atoms with van der Waals surface area (Å²) in [7, 11) is 0. The van der Waals surface area contributed by atoms with E-state index in [-0.39, 0.29) is 11.9 Å². The van der Waals surface area contributed by atoms with Gasteiger partial charge in [0.25, 0.3) is 0 Å². The van der Waals surface area contributed by atoms with Crippen molar-refractivity contribution in [2.45, 2.75) is 31.3 Å². The van der Waals surface area contributed by atoms with Crippen LogP contribution in [0.1, 0.15) is 17.5 Å². The fraction of sp³-hybridized carbons (Fsp3) is 0.500. The third-order valence-corrected chi connectivity index (χ3v) is 4.67. The van der Waals surface area contributed by atoms with Crippen molar-refractivity contribution in [1.82, 2.24) is 10.6 Å². The van der Waals surface area contributed by atoms with E-state index in [0.29, 0.717) is 6.04 Å². The minimum absolute atomic E-state index is 0.00664. The number of rotatable bonds is 2. The summed E-state index contributed by atoms with van der Waals surface area (Å²) >= 11 is 1.79. The summed E-state index contributed by atoms with van der Waals surface area (Å²) in [5, 5.41) is 6.40. The first-order valence-electron chi connectivity index (χ1n) is 6.51. The highest BCUT2D eigenvalue weighted by molar-refractivity contribution is 7.99. The average Bonchev–Trinajstić information content (AvgIpc) is 2.92. The molecule has 1 aromatic rings. The summed E-state index contributed by atoms with van der Waals surface area (Å²) in [6.45, 7) is 0. The molecule has 1 fully saturated rings. The molecule has 3 nitrogen and oxygen atoms in total. The summed E-state index contributed by atoms with van der Waals surface area (Å²) in [6.07, 6.45) is 3.11. The van der Waals surface area contributed by atoms with Crippen molar-refractivity contribution in [3.8, 4) is 0 Å². The SMILES string of the molecule is O=C(NC1CCc2ccccc2C1)C1CSCN1. The average molecular weight is 262 g/mol. The number of aryl methyl sites for hydroxylation is 1. The van der Waals surface area contributed by atoms with Crippen LogP contribution in [0.3, 0.4) is 0 Å². The maximum absolute atomic E-state index is 12.0. The normalized spacial score (nSPS) is 26.7. The molecular weight excluding hydrogens is 244 g/mol. The van der Waals surface area contributed by atoms with Crippen LogP contribution in [-0.2, 0) is 17.6 Å². The zero-order valence-electron chi connectivity index (χ0n) is 10.3. The molecule has 1 aliphatic heterocycles. The Morgan fingerprint density at radius 1 is 1.33 bits per heavy atom. The number of thioether (sulfide) groups is 1. The second-order valence-corrected chi connectivity index (χ2v) is 6.02.